The Morgan fingerprint density at radius 3 is 2.50 bits per heavy atom. The lowest BCUT2D eigenvalue weighted by atomic mass is 9.96. The van der Waals surface area contributed by atoms with Crippen LogP contribution in [-0.4, -0.2) is 16.6 Å². The minimum absolute atomic E-state index is 0.0612. The predicted octanol–water partition coefficient (Wildman–Crippen LogP) is 6.55. The Kier molecular flexibility index (Phi) is 6.26. The maximum Gasteiger partial charge on any atom is 0.315 e. The van der Waals surface area contributed by atoms with Gasteiger partial charge in [0.15, 0.2) is 0 Å². The van der Waals surface area contributed by atoms with Crippen LogP contribution in [0, 0.1) is 0 Å². The van der Waals surface area contributed by atoms with Crippen LogP contribution in [0.5, 0.6) is 0 Å². The van der Waals surface area contributed by atoms with E-state index in [0.29, 0.717) is 12.6 Å². The molecule has 0 spiro atoms. The molecule has 1 fully saturated rings. The monoisotopic (exact) mass is 443 g/mol. The Hall–Kier alpha value is -3.05. The molecule has 1 aliphatic carbocycles. The molecule has 1 aliphatic rings. The molecule has 0 saturated heterocycles. The Morgan fingerprint density at radius 1 is 0.938 bits per heavy atom. The molecular weight excluding hydrogens is 414 g/mol. The summed E-state index contributed by atoms with van der Waals surface area (Å²) in [6, 6.07) is 23.6. The van der Waals surface area contributed by atoms with E-state index in [-0.39, 0.29) is 6.03 Å². The van der Waals surface area contributed by atoms with E-state index in [1.807, 2.05) is 0 Å². The number of hydrogen-bond acceptors (Lipinski definition) is 2. The molecule has 2 aromatic carbocycles. The molecule has 2 aromatic heterocycles. The first-order valence-electron chi connectivity index (χ1n) is 11.5. The molecule has 5 rings (SSSR count). The van der Waals surface area contributed by atoms with Crippen LogP contribution in [0.25, 0.3) is 21.5 Å². The van der Waals surface area contributed by atoms with Crippen molar-refractivity contribution >= 4 is 28.3 Å². The number of carbonyl (C=O) groups excluding carboxylic acids is 1. The lowest BCUT2D eigenvalue weighted by Gasteiger charge is -2.23. The lowest BCUT2D eigenvalue weighted by Crippen LogP contribution is -2.42. The first-order chi connectivity index (χ1) is 15.8. The van der Waals surface area contributed by atoms with Crippen molar-refractivity contribution in [3.8, 4) is 10.6 Å². The van der Waals surface area contributed by atoms with Crippen molar-refractivity contribution in [2.24, 2.45) is 0 Å². The van der Waals surface area contributed by atoms with Crippen LogP contribution in [0.1, 0.15) is 43.2 Å². The molecule has 0 atom stereocenters. The second-order valence-corrected chi connectivity index (χ2v) is 9.50. The van der Waals surface area contributed by atoms with E-state index >= 15 is 0 Å². The minimum Gasteiger partial charge on any atom is -0.335 e. The highest BCUT2D eigenvalue weighted by molar-refractivity contribution is 7.13. The van der Waals surface area contributed by atoms with E-state index < -0.39 is 0 Å². The zero-order valence-electron chi connectivity index (χ0n) is 18.2. The van der Waals surface area contributed by atoms with Crippen molar-refractivity contribution in [1.29, 1.82) is 0 Å². The molecule has 32 heavy (non-hydrogen) atoms. The molecule has 5 heteroatoms. The fourth-order valence-corrected chi connectivity index (χ4v) is 5.64. The summed E-state index contributed by atoms with van der Waals surface area (Å²) in [7, 11) is 0. The highest BCUT2D eigenvalue weighted by Crippen LogP contribution is 2.36. The molecule has 0 aliphatic heterocycles. The van der Waals surface area contributed by atoms with Crippen LogP contribution >= 0.6 is 11.3 Å². The Labute approximate surface area is 193 Å². The zero-order valence-corrected chi connectivity index (χ0v) is 19.0. The second-order valence-electron chi connectivity index (χ2n) is 8.56. The van der Waals surface area contributed by atoms with Crippen LogP contribution < -0.4 is 10.6 Å². The largest absolute Gasteiger partial charge is 0.335 e. The van der Waals surface area contributed by atoms with E-state index in [9.17, 15) is 4.79 Å². The number of thiophene rings is 1. The van der Waals surface area contributed by atoms with Crippen LogP contribution in [0.4, 0.5) is 4.79 Å². The first kappa shape index (κ1) is 20.8. The molecule has 2 N–H and O–H groups in total. The molecule has 164 valence electrons. The van der Waals surface area contributed by atoms with E-state index in [4.69, 9.17) is 0 Å². The van der Waals surface area contributed by atoms with Gasteiger partial charge in [0.05, 0.1) is 10.6 Å². The number of amides is 2. The molecule has 4 aromatic rings. The van der Waals surface area contributed by atoms with Crippen LogP contribution in [-0.2, 0) is 13.1 Å². The van der Waals surface area contributed by atoms with Gasteiger partial charge in [0.25, 0.3) is 0 Å². The number of urea groups is 1. The van der Waals surface area contributed by atoms with Crippen molar-refractivity contribution in [3.63, 3.8) is 0 Å². The molecule has 2 amide bonds. The van der Waals surface area contributed by atoms with Crippen LogP contribution in [0.2, 0.25) is 0 Å². The molecule has 0 unspecified atom stereocenters. The Balaban J connectivity index is 1.48. The van der Waals surface area contributed by atoms with Crippen LogP contribution in [0.3, 0.4) is 0 Å². The minimum atomic E-state index is -0.0612. The predicted molar refractivity (Wildman–Crippen MR) is 133 cm³/mol. The normalized spacial score (nSPS) is 14.5. The first-order valence-corrected chi connectivity index (χ1v) is 12.4. The maximum absolute atomic E-state index is 12.7. The van der Waals surface area contributed by atoms with E-state index in [0.717, 1.165) is 19.4 Å². The van der Waals surface area contributed by atoms with Gasteiger partial charge in [-0.05, 0) is 35.9 Å². The maximum atomic E-state index is 12.7. The third-order valence-electron chi connectivity index (χ3n) is 6.38. The van der Waals surface area contributed by atoms with Gasteiger partial charge in [-0.3, -0.25) is 0 Å². The number of para-hydroxylation sites is 1. The lowest BCUT2D eigenvalue weighted by molar-refractivity contribution is 0.232. The van der Waals surface area contributed by atoms with Gasteiger partial charge in [-0.15, -0.1) is 11.3 Å². The number of hydrogen-bond donors (Lipinski definition) is 2. The third kappa shape index (κ3) is 4.44. The summed E-state index contributed by atoms with van der Waals surface area (Å²) < 4.78 is 2.40. The SMILES string of the molecule is O=C(NCc1c(-c2cccs2)n(Cc2ccccc2)c2ccccc12)NC1CCCCC1. The summed E-state index contributed by atoms with van der Waals surface area (Å²) in [5, 5.41) is 9.66. The standard InChI is InChI=1S/C27H29N3OS/c31-27(29-21-12-5-2-6-13-21)28-18-23-22-14-7-8-15-24(22)30(19-20-10-3-1-4-11-20)26(23)25-16-9-17-32-25/h1,3-4,7-11,14-17,21H,2,5-6,12-13,18-19H2,(H2,28,29,31). The zero-order chi connectivity index (χ0) is 21.8. The van der Waals surface area contributed by atoms with Crippen molar-refractivity contribution < 1.29 is 4.79 Å². The molecular formula is C27H29N3OS. The fraction of sp³-hybridized carbons (Fsp3) is 0.296. The number of rotatable bonds is 6. The Morgan fingerprint density at radius 2 is 1.72 bits per heavy atom. The van der Waals surface area contributed by atoms with Gasteiger partial charge in [0.1, 0.15) is 0 Å². The van der Waals surface area contributed by atoms with Crippen molar-refractivity contribution in [3.05, 3.63) is 83.2 Å². The van der Waals surface area contributed by atoms with Gasteiger partial charge in [0, 0.05) is 35.6 Å². The van der Waals surface area contributed by atoms with Crippen molar-refractivity contribution in [1.82, 2.24) is 15.2 Å². The summed E-state index contributed by atoms with van der Waals surface area (Å²) in [5.74, 6) is 0. The highest BCUT2D eigenvalue weighted by Gasteiger charge is 2.21. The Bertz CT molecular complexity index is 1170. The van der Waals surface area contributed by atoms with Crippen molar-refractivity contribution in [2.45, 2.75) is 51.2 Å². The number of carbonyl (C=O) groups is 1. The number of nitrogens with one attached hydrogen (secondary N) is 2. The molecule has 1 saturated carbocycles. The van der Waals surface area contributed by atoms with Crippen LogP contribution in [0.15, 0.2) is 72.1 Å². The summed E-state index contributed by atoms with van der Waals surface area (Å²) in [5.41, 5.74) is 4.84. The molecule has 4 nitrogen and oxygen atoms in total. The van der Waals surface area contributed by atoms with Gasteiger partial charge in [-0.25, -0.2) is 4.79 Å². The summed E-state index contributed by atoms with van der Waals surface area (Å²) in [6.07, 6.45) is 5.88. The van der Waals surface area contributed by atoms with E-state index in [1.54, 1.807) is 11.3 Å². The van der Waals surface area contributed by atoms with Crippen molar-refractivity contribution in [2.75, 3.05) is 0 Å². The average molecular weight is 444 g/mol. The van der Waals surface area contributed by atoms with Gasteiger partial charge in [-0.1, -0.05) is 73.9 Å². The fourth-order valence-electron chi connectivity index (χ4n) is 4.83. The summed E-state index contributed by atoms with van der Waals surface area (Å²) in [4.78, 5) is 13.9. The summed E-state index contributed by atoms with van der Waals surface area (Å²) >= 11 is 1.74. The quantitative estimate of drug-likeness (QED) is 0.349. The van der Waals surface area contributed by atoms with Gasteiger partial charge in [-0.2, -0.15) is 0 Å². The summed E-state index contributed by atoms with van der Waals surface area (Å²) in [6.45, 7) is 1.30. The van der Waals surface area contributed by atoms with Gasteiger partial charge in [0.2, 0.25) is 0 Å². The van der Waals surface area contributed by atoms with E-state index in [2.05, 4.69) is 87.3 Å². The number of aromatic nitrogens is 1. The van der Waals surface area contributed by atoms with Gasteiger partial charge >= 0.3 is 6.03 Å². The molecule has 2 heterocycles. The highest BCUT2D eigenvalue weighted by atomic mass is 32.1. The number of fused-ring (bicyclic) bond motifs is 1. The van der Waals surface area contributed by atoms with E-state index in [1.165, 1.54) is 51.9 Å². The van der Waals surface area contributed by atoms with Gasteiger partial charge < -0.3 is 15.2 Å². The number of nitrogens with zero attached hydrogens (tertiary/aromatic N) is 1. The average Bonchev–Trinajstić information content (AvgIpc) is 3.46. The second kappa shape index (κ2) is 9.61. The third-order valence-corrected chi connectivity index (χ3v) is 7.26. The topological polar surface area (TPSA) is 46.1 Å². The number of benzene rings is 2. The molecule has 0 bridgehead atoms. The molecule has 0 radical (unpaired) electrons. The smallest absolute Gasteiger partial charge is 0.315 e.